The monoisotopic (exact) mass is 596 g/mol. The molecule has 230 valence electrons. The van der Waals surface area contributed by atoms with Gasteiger partial charge in [-0.15, -0.1) is 0 Å². The van der Waals surface area contributed by atoms with E-state index in [1.54, 1.807) is 6.92 Å². The van der Waals surface area contributed by atoms with Gasteiger partial charge in [-0.3, -0.25) is 4.90 Å². The fourth-order valence-electron chi connectivity index (χ4n) is 6.00. The first-order valence-corrected chi connectivity index (χ1v) is 15.6. The van der Waals surface area contributed by atoms with Crippen molar-refractivity contribution in [2.45, 2.75) is 59.3 Å². The van der Waals surface area contributed by atoms with E-state index in [0.717, 1.165) is 60.8 Å². The van der Waals surface area contributed by atoms with Crippen LogP contribution in [0.5, 0.6) is 11.6 Å². The second-order valence-corrected chi connectivity index (χ2v) is 11.3. The lowest BCUT2D eigenvalue weighted by Crippen LogP contribution is -2.36. The third kappa shape index (κ3) is 6.49. The quantitative estimate of drug-likeness (QED) is 0.197. The molecule has 2 aliphatic heterocycles. The number of benzene rings is 2. The second kappa shape index (κ2) is 13.6. The van der Waals surface area contributed by atoms with Gasteiger partial charge in [0, 0.05) is 31.8 Å². The number of carbonyl (C=O) groups is 1. The van der Waals surface area contributed by atoms with E-state index >= 15 is 0 Å². The van der Waals surface area contributed by atoms with Crippen LogP contribution < -0.4 is 9.47 Å². The molecule has 0 aliphatic carbocycles. The Hall–Kier alpha value is -4.21. The lowest BCUT2D eigenvalue weighted by atomic mass is 9.97. The van der Waals surface area contributed by atoms with Crippen molar-refractivity contribution >= 4 is 5.97 Å². The summed E-state index contributed by atoms with van der Waals surface area (Å²) in [5, 5.41) is 4.41. The van der Waals surface area contributed by atoms with Crippen LogP contribution in [0.15, 0.2) is 60.8 Å². The smallest absolute Gasteiger partial charge is 0.345 e. The first-order valence-electron chi connectivity index (χ1n) is 15.6. The van der Waals surface area contributed by atoms with E-state index < -0.39 is 5.97 Å². The zero-order chi connectivity index (χ0) is 30.5. The molecule has 1 fully saturated rings. The van der Waals surface area contributed by atoms with Gasteiger partial charge in [0.25, 0.3) is 0 Å². The molecular formula is C35H40N4O5. The van der Waals surface area contributed by atoms with Gasteiger partial charge in [-0.2, -0.15) is 9.78 Å². The Labute approximate surface area is 258 Å². The van der Waals surface area contributed by atoms with Crippen molar-refractivity contribution in [3.8, 4) is 28.7 Å². The summed E-state index contributed by atoms with van der Waals surface area (Å²) >= 11 is 0. The molecule has 0 bridgehead atoms. The van der Waals surface area contributed by atoms with Gasteiger partial charge >= 0.3 is 5.97 Å². The number of carbonyl (C=O) groups excluding carboxylic acids is 1. The zero-order valence-electron chi connectivity index (χ0n) is 25.8. The van der Waals surface area contributed by atoms with Crippen LogP contribution in [0.4, 0.5) is 0 Å². The van der Waals surface area contributed by atoms with E-state index in [0.29, 0.717) is 31.0 Å². The molecule has 0 radical (unpaired) electrons. The number of hydrogen-bond donors (Lipinski definition) is 0. The van der Waals surface area contributed by atoms with Crippen molar-refractivity contribution in [1.82, 2.24) is 19.7 Å². The predicted molar refractivity (Wildman–Crippen MR) is 167 cm³/mol. The average molecular weight is 597 g/mol. The molecule has 0 spiro atoms. The summed E-state index contributed by atoms with van der Waals surface area (Å²) < 4.78 is 24.9. The number of fused-ring (bicyclic) bond motifs is 1. The molecule has 44 heavy (non-hydrogen) atoms. The minimum Gasteiger partial charge on any atom is -0.488 e. The van der Waals surface area contributed by atoms with Gasteiger partial charge in [0.1, 0.15) is 17.9 Å². The van der Waals surface area contributed by atoms with E-state index in [1.165, 1.54) is 34.8 Å². The molecule has 1 saturated heterocycles. The highest BCUT2D eigenvalue weighted by Crippen LogP contribution is 2.34. The lowest BCUT2D eigenvalue weighted by molar-refractivity contribution is 0.0521. The van der Waals surface area contributed by atoms with E-state index in [2.05, 4.69) is 28.2 Å². The summed E-state index contributed by atoms with van der Waals surface area (Å²) in [5.74, 6) is 1.14. The van der Waals surface area contributed by atoms with Crippen molar-refractivity contribution in [2.75, 3.05) is 32.9 Å². The molecule has 9 nitrogen and oxygen atoms in total. The third-order valence-electron chi connectivity index (χ3n) is 8.17. The van der Waals surface area contributed by atoms with Crippen LogP contribution in [-0.4, -0.2) is 64.6 Å². The Kier molecular flexibility index (Phi) is 9.23. The number of para-hydroxylation sites is 1. The molecule has 0 saturated carbocycles. The maximum atomic E-state index is 12.5. The van der Waals surface area contributed by atoms with Gasteiger partial charge in [-0.05, 0) is 80.5 Å². The van der Waals surface area contributed by atoms with Gasteiger partial charge in [-0.25, -0.2) is 9.78 Å². The fourth-order valence-corrected chi connectivity index (χ4v) is 6.00. The summed E-state index contributed by atoms with van der Waals surface area (Å²) in [6.07, 6.45) is 5.24. The molecule has 2 aromatic heterocycles. The number of hydrogen-bond acceptors (Lipinski definition) is 8. The molecular weight excluding hydrogens is 556 g/mol. The fraction of sp³-hybridized carbons (Fsp3) is 0.400. The normalized spacial score (nSPS) is 16.5. The Bertz CT molecular complexity index is 1610. The number of ether oxygens (including phenoxy) is 4. The van der Waals surface area contributed by atoms with E-state index in [1.807, 2.05) is 50.2 Å². The van der Waals surface area contributed by atoms with Crippen LogP contribution >= 0.6 is 0 Å². The zero-order valence-corrected chi connectivity index (χ0v) is 25.8. The van der Waals surface area contributed by atoms with Crippen LogP contribution in [0.2, 0.25) is 0 Å². The van der Waals surface area contributed by atoms with Gasteiger partial charge in [-0.1, -0.05) is 36.4 Å². The van der Waals surface area contributed by atoms with Gasteiger partial charge < -0.3 is 18.9 Å². The van der Waals surface area contributed by atoms with Gasteiger partial charge in [0.05, 0.1) is 31.2 Å². The van der Waals surface area contributed by atoms with Crippen LogP contribution in [0.25, 0.3) is 17.1 Å². The number of aromatic nitrogens is 3. The molecule has 2 aromatic carbocycles. The first kappa shape index (κ1) is 29.8. The molecule has 9 heteroatoms. The van der Waals surface area contributed by atoms with Crippen molar-refractivity contribution < 1.29 is 23.7 Å². The minimum absolute atomic E-state index is 0.264. The van der Waals surface area contributed by atoms with Crippen LogP contribution in [-0.2, 0) is 29.0 Å². The number of aryl methyl sites for hydroxylation is 1. The molecule has 0 N–H and O–H groups in total. The molecule has 1 atom stereocenters. The van der Waals surface area contributed by atoms with Crippen LogP contribution in [0.3, 0.4) is 0 Å². The van der Waals surface area contributed by atoms with Crippen molar-refractivity contribution in [3.05, 3.63) is 88.6 Å². The number of pyridine rings is 1. The predicted octanol–water partition coefficient (Wildman–Crippen LogP) is 5.93. The first-order chi connectivity index (χ1) is 21.5. The average Bonchev–Trinajstić information content (AvgIpc) is 3.71. The molecule has 0 amide bonds. The molecule has 4 heterocycles. The highest BCUT2D eigenvalue weighted by molar-refractivity contribution is 5.92. The van der Waals surface area contributed by atoms with Crippen LogP contribution in [0.1, 0.15) is 59.3 Å². The van der Waals surface area contributed by atoms with Crippen molar-refractivity contribution in [2.24, 2.45) is 0 Å². The van der Waals surface area contributed by atoms with Gasteiger partial charge in [0.15, 0.2) is 5.82 Å². The maximum absolute atomic E-state index is 12.5. The highest BCUT2D eigenvalue weighted by Gasteiger charge is 2.24. The van der Waals surface area contributed by atoms with E-state index in [4.69, 9.17) is 23.9 Å². The number of nitrogens with zero attached hydrogens (tertiary/aromatic N) is 4. The molecule has 2 aliphatic rings. The molecule has 6 rings (SSSR count). The summed E-state index contributed by atoms with van der Waals surface area (Å²) in [4.78, 5) is 19.9. The Balaban J connectivity index is 1.20. The Morgan fingerprint density at radius 3 is 2.75 bits per heavy atom. The second-order valence-electron chi connectivity index (χ2n) is 11.3. The standard InChI is InChI=1S/C35H40N4O5/c1-4-41-34-30(35(40)42-5-2)20-36-39(34)32-13-7-12-31(37-32)29-11-6-9-24(3)33(29)44-23-25-14-15-27-21-38(17-16-26(27)19-25)22-28-10-8-18-43-28/h6-7,9,11-15,19-20,28H,4-5,8,10,16-18,21-23H2,1-3H3/t28-/m1/s1. The SMILES string of the molecule is CCOC(=O)c1cnn(-c2cccc(-c3cccc(C)c3OCc3ccc4c(c3)CCN(C[C@H]3CCCO3)C4)n2)c1OCC. The summed E-state index contributed by atoms with van der Waals surface area (Å²) in [7, 11) is 0. The summed E-state index contributed by atoms with van der Waals surface area (Å²) in [6.45, 7) is 10.7. The Morgan fingerprint density at radius 2 is 1.93 bits per heavy atom. The Morgan fingerprint density at radius 1 is 1.05 bits per heavy atom. The van der Waals surface area contributed by atoms with E-state index in [-0.39, 0.29) is 12.2 Å². The molecule has 4 aromatic rings. The minimum atomic E-state index is -0.481. The lowest BCUT2D eigenvalue weighted by Gasteiger charge is -2.30. The van der Waals surface area contributed by atoms with E-state index in [9.17, 15) is 4.79 Å². The number of rotatable bonds is 11. The van der Waals surface area contributed by atoms with Crippen LogP contribution in [0, 0.1) is 6.92 Å². The summed E-state index contributed by atoms with van der Waals surface area (Å²) in [5.41, 5.74) is 6.85. The van der Waals surface area contributed by atoms with Crippen molar-refractivity contribution in [1.29, 1.82) is 0 Å². The maximum Gasteiger partial charge on any atom is 0.345 e. The largest absolute Gasteiger partial charge is 0.488 e. The molecule has 0 unspecified atom stereocenters. The third-order valence-corrected chi connectivity index (χ3v) is 8.17. The van der Waals surface area contributed by atoms with Crippen molar-refractivity contribution in [3.63, 3.8) is 0 Å². The van der Waals surface area contributed by atoms with Gasteiger partial charge in [0.2, 0.25) is 5.88 Å². The number of esters is 1. The summed E-state index contributed by atoms with van der Waals surface area (Å²) in [6, 6.07) is 18.5. The highest BCUT2D eigenvalue weighted by atomic mass is 16.5. The topological polar surface area (TPSA) is 87.9 Å².